The Balaban J connectivity index is 1.27. The van der Waals surface area contributed by atoms with Gasteiger partial charge in [-0.05, 0) is 38.3 Å². The maximum absolute atomic E-state index is 12.1. The number of hydrogen-bond acceptors (Lipinski definition) is 7. The molecule has 0 atom stereocenters. The fourth-order valence-corrected chi connectivity index (χ4v) is 5.14. The highest BCUT2D eigenvalue weighted by Crippen LogP contribution is 2.41. The minimum absolute atomic E-state index is 0.0704. The molecule has 10 heteroatoms. The van der Waals surface area contributed by atoms with E-state index in [1.807, 2.05) is 29.4 Å². The van der Waals surface area contributed by atoms with Crippen LogP contribution >= 0.6 is 0 Å². The highest BCUT2D eigenvalue weighted by Gasteiger charge is 2.48. The minimum atomic E-state index is -0.0704. The van der Waals surface area contributed by atoms with Crippen molar-refractivity contribution in [3.8, 4) is 17.0 Å². The normalized spacial score (nSPS) is 23.1. The van der Waals surface area contributed by atoms with Gasteiger partial charge in [0.1, 0.15) is 12.0 Å². The topological polar surface area (TPSA) is 113 Å². The molecule has 10 nitrogen and oxygen atoms in total. The first-order valence-electron chi connectivity index (χ1n) is 10.8. The predicted molar refractivity (Wildman–Crippen MR) is 118 cm³/mol. The second kappa shape index (κ2) is 6.91. The van der Waals surface area contributed by atoms with Gasteiger partial charge in [-0.3, -0.25) is 4.79 Å². The third-order valence-electron chi connectivity index (χ3n) is 6.71. The van der Waals surface area contributed by atoms with E-state index in [9.17, 15) is 4.79 Å². The van der Waals surface area contributed by atoms with Crippen LogP contribution in [0.15, 0.2) is 30.9 Å². The Hall–Kier alpha value is -3.69. The summed E-state index contributed by atoms with van der Waals surface area (Å²) < 4.78 is 7.36. The van der Waals surface area contributed by atoms with E-state index in [0.29, 0.717) is 23.9 Å². The molecule has 2 N–H and O–H groups in total. The van der Waals surface area contributed by atoms with Crippen LogP contribution in [0.3, 0.4) is 0 Å². The number of aromatic amines is 1. The van der Waals surface area contributed by atoms with Crippen LogP contribution in [0.25, 0.3) is 27.8 Å². The molecule has 0 unspecified atom stereocenters. The van der Waals surface area contributed by atoms with Crippen LogP contribution in [-0.2, 0) is 4.79 Å². The van der Waals surface area contributed by atoms with Crippen LogP contribution in [-0.4, -0.2) is 65.6 Å². The molecule has 1 saturated heterocycles. The summed E-state index contributed by atoms with van der Waals surface area (Å²) in [5.41, 5.74) is 3.31. The first kappa shape index (κ1) is 19.0. The summed E-state index contributed by atoms with van der Waals surface area (Å²) in [5.74, 6) is 1.30. The molecule has 0 radical (unpaired) electrons. The molecule has 4 aromatic heterocycles. The van der Waals surface area contributed by atoms with Gasteiger partial charge >= 0.3 is 0 Å². The summed E-state index contributed by atoms with van der Waals surface area (Å²) in [7, 11) is 1.61. The maximum Gasteiger partial charge on any atom is 0.228 e. The van der Waals surface area contributed by atoms with Gasteiger partial charge < -0.3 is 19.9 Å². The van der Waals surface area contributed by atoms with E-state index < -0.39 is 0 Å². The van der Waals surface area contributed by atoms with Crippen molar-refractivity contribution < 1.29 is 9.53 Å². The Bertz CT molecular complexity index is 1340. The summed E-state index contributed by atoms with van der Waals surface area (Å²) in [4.78, 5) is 30.9. The average Bonchev–Trinajstić information content (AvgIpc) is 3.50. The molecular weight excluding hydrogens is 408 g/mol. The van der Waals surface area contributed by atoms with Crippen molar-refractivity contribution in [3.63, 3.8) is 0 Å². The summed E-state index contributed by atoms with van der Waals surface area (Å²) in [5, 5.41) is 8.46. The van der Waals surface area contributed by atoms with E-state index in [2.05, 4.69) is 32.3 Å². The van der Waals surface area contributed by atoms with Gasteiger partial charge in [0.05, 0.1) is 12.5 Å². The molecular formula is C22H24N8O2. The number of hydrogen-bond donors (Lipinski definition) is 2. The summed E-state index contributed by atoms with van der Waals surface area (Å²) in [6.07, 6.45) is 8.76. The summed E-state index contributed by atoms with van der Waals surface area (Å²) in [6, 6.07) is 4.13. The number of pyridine rings is 1. The first-order chi connectivity index (χ1) is 15.5. The molecule has 0 aromatic carbocycles. The number of ether oxygens (including phenoxy) is 1. The number of anilines is 1. The summed E-state index contributed by atoms with van der Waals surface area (Å²) >= 11 is 0. The number of amides is 1. The molecule has 2 fully saturated rings. The third-order valence-corrected chi connectivity index (χ3v) is 6.71. The Kier molecular flexibility index (Phi) is 4.11. The van der Waals surface area contributed by atoms with Crippen LogP contribution < -0.4 is 10.1 Å². The number of likely N-dealkylation sites (tertiary alicyclic amines) is 1. The van der Waals surface area contributed by atoms with E-state index in [0.717, 1.165) is 48.0 Å². The predicted octanol–water partition coefficient (Wildman–Crippen LogP) is 2.63. The molecule has 6 rings (SSSR count). The molecule has 1 aliphatic carbocycles. The van der Waals surface area contributed by atoms with Gasteiger partial charge in [0.25, 0.3) is 0 Å². The smallest absolute Gasteiger partial charge is 0.228 e. The SMILES string of the molecule is COc1nc(N[C@H]2C[C@](C)(N3CCCC3=O)C2)nc2[nH]cc(-c3ccc4ncnn4c3)c12. The number of nitrogens with zero attached hydrogens (tertiary/aromatic N) is 6. The zero-order valence-electron chi connectivity index (χ0n) is 18.0. The Morgan fingerprint density at radius 1 is 1.28 bits per heavy atom. The van der Waals surface area contributed by atoms with Gasteiger partial charge in [0.15, 0.2) is 5.65 Å². The fourth-order valence-electron chi connectivity index (χ4n) is 5.14. The molecule has 2 aliphatic rings. The fraction of sp³-hybridized carbons (Fsp3) is 0.409. The lowest BCUT2D eigenvalue weighted by atomic mass is 9.73. The summed E-state index contributed by atoms with van der Waals surface area (Å²) in [6.45, 7) is 3.03. The quantitative estimate of drug-likeness (QED) is 0.498. The van der Waals surface area contributed by atoms with Crippen molar-refractivity contribution in [1.82, 2.24) is 34.4 Å². The van der Waals surface area contributed by atoms with E-state index >= 15 is 0 Å². The van der Waals surface area contributed by atoms with Crippen molar-refractivity contribution in [2.24, 2.45) is 0 Å². The van der Waals surface area contributed by atoms with Crippen molar-refractivity contribution in [3.05, 3.63) is 30.9 Å². The van der Waals surface area contributed by atoms with Crippen molar-refractivity contribution >= 4 is 28.5 Å². The molecule has 0 bridgehead atoms. The number of H-pyrrole nitrogens is 1. The molecule has 1 saturated carbocycles. The van der Waals surface area contributed by atoms with Crippen LogP contribution in [0.5, 0.6) is 5.88 Å². The number of rotatable bonds is 5. The van der Waals surface area contributed by atoms with Gasteiger partial charge in [-0.15, -0.1) is 0 Å². The molecule has 1 amide bonds. The molecule has 164 valence electrons. The lowest BCUT2D eigenvalue weighted by molar-refractivity contribution is -0.136. The number of fused-ring (bicyclic) bond motifs is 2. The lowest BCUT2D eigenvalue weighted by Gasteiger charge is -2.51. The molecule has 4 aromatic rings. The molecule has 1 aliphatic heterocycles. The number of carbonyl (C=O) groups excluding carboxylic acids is 1. The van der Waals surface area contributed by atoms with Crippen LogP contribution in [0.4, 0.5) is 5.95 Å². The first-order valence-corrected chi connectivity index (χ1v) is 10.8. The van der Waals surface area contributed by atoms with Gasteiger partial charge in [0.2, 0.25) is 17.7 Å². The zero-order chi connectivity index (χ0) is 21.9. The van der Waals surface area contributed by atoms with Gasteiger partial charge in [-0.2, -0.15) is 15.1 Å². The van der Waals surface area contributed by atoms with Crippen molar-refractivity contribution in [2.75, 3.05) is 19.0 Å². The maximum atomic E-state index is 12.1. The van der Waals surface area contributed by atoms with Gasteiger partial charge in [-0.25, -0.2) is 9.50 Å². The van der Waals surface area contributed by atoms with E-state index in [4.69, 9.17) is 9.72 Å². The highest BCUT2D eigenvalue weighted by atomic mass is 16.5. The van der Waals surface area contributed by atoms with E-state index in [-0.39, 0.29) is 17.5 Å². The van der Waals surface area contributed by atoms with E-state index in [1.165, 1.54) is 6.33 Å². The molecule has 0 spiro atoms. The lowest BCUT2D eigenvalue weighted by Crippen LogP contribution is -2.59. The highest BCUT2D eigenvalue weighted by molar-refractivity contribution is 5.97. The van der Waals surface area contributed by atoms with Gasteiger partial charge in [-0.1, -0.05) is 0 Å². The Morgan fingerprint density at radius 3 is 2.94 bits per heavy atom. The largest absolute Gasteiger partial charge is 0.480 e. The van der Waals surface area contributed by atoms with Gasteiger partial charge in [0, 0.05) is 48.1 Å². The van der Waals surface area contributed by atoms with E-state index in [1.54, 1.807) is 11.6 Å². The van der Waals surface area contributed by atoms with Crippen LogP contribution in [0, 0.1) is 0 Å². The Labute approximate surface area is 184 Å². The van der Waals surface area contributed by atoms with Crippen molar-refractivity contribution in [1.29, 1.82) is 0 Å². The van der Waals surface area contributed by atoms with Crippen LogP contribution in [0.1, 0.15) is 32.6 Å². The van der Waals surface area contributed by atoms with Crippen molar-refractivity contribution in [2.45, 2.75) is 44.2 Å². The Morgan fingerprint density at radius 2 is 2.16 bits per heavy atom. The average molecular weight is 432 g/mol. The number of nitrogens with one attached hydrogen (secondary N) is 2. The molecule has 32 heavy (non-hydrogen) atoms. The number of methoxy groups -OCH3 is 1. The molecule has 5 heterocycles. The second-order valence-corrected chi connectivity index (χ2v) is 8.86. The second-order valence-electron chi connectivity index (χ2n) is 8.86. The minimum Gasteiger partial charge on any atom is -0.480 e. The third kappa shape index (κ3) is 2.89. The number of carbonyl (C=O) groups is 1. The number of aromatic nitrogens is 6. The zero-order valence-corrected chi connectivity index (χ0v) is 18.0. The standard InChI is InChI=1S/C22H24N8O2/c1-22(29-7-3-4-17(29)31)8-14(9-22)26-21-27-19-18(20(28-21)32-2)15(10-23-19)13-5-6-16-24-12-25-30(16)11-13/h5-6,10-12,14H,3-4,7-9H2,1-2H3,(H2,23,26,27,28)/t14-,22-. The monoisotopic (exact) mass is 432 g/mol. The van der Waals surface area contributed by atoms with Crippen LogP contribution in [0.2, 0.25) is 0 Å².